The molecule has 110 valence electrons. The van der Waals surface area contributed by atoms with Crippen LogP contribution in [0.2, 0.25) is 0 Å². The number of halogens is 1. The standard InChI is InChI=1S/C14H15BrN4S2/c1-3-16-14-18-12(10-6-8(2)20-13(10)19-14)17-7-9-4-5-11(15)21-9/h4-6H,3,7H2,1-2H3,(H2,16,17,18,19). The van der Waals surface area contributed by atoms with Gasteiger partial charge in [-0.25, -0.2) is 4.98 Å². The number of nitrogens with one attached hydrogen (secondary N) is 2. The average molecular weight is 383 g/mol. The van der Waals surface area contributed by atoms with E-state index in [0.29, 0.717) is 5.95 Å². The van der Waals surface area contributed by atoms with Gasteiger partial charge in [-0.1, -0.05) is 0 Å². The summed E-state index contributed by atoms with van der Waals surface area (Å²) in [5, 5.41) is 7.72. The zero-order valence-electron chi connectivity index (χ0n) is 11.7. The second-order valence-corrected chi connectivity index (χ2v) is 8.34. The Morgan fingerprint density at radius 2 is 2.05 bits per heavy atom. The molecule has 0 atom stereocenters. The van der Waals surface area contributed by atoms with Crippen LogP contribution in [-0.4, -0.2) is 16.5 Å². The van der Waals surface area contributed by atoms with Crippen molar-refractivity contribution in [1.82, 2.24) is 9.97 Å². The van der Waals surface area contributed by atoms with Crippen LogP contribution in [0.25, 0.3) is 10.2 Å². The maximum absolute atomic E-state index is 4.59. The molecule has 0 aliphatic carbocycles. The number of hydrogen-bond acceptors (Lipinski definition) is 6. The Morgan fingerprint density at radius 3 is 2.76 bits per heavy atom. The molecule has 0 radical (unpaired) electrons. The molecule has 3 aromatic heterocycles. The summed E-state index contributed by atoms with van der Waals surface area (Å²) in [4.78, 5) is 12.7. The van der Waals surface area contributed by atoms with Crippen molar-refractivity contribution in [3.63, 3.8) is 0 Å². The molecule has 4 nitrogen and oxygen atoms in total. The largest absolute Gasteiger partial charge is 0.364 e. The monoisotopic (exact) mass is 382 g/mol. The lowest BCUT2D eigenvalue weighted by molar-refractivity contribution is 1.09. The molecule has 3 aromatic rings. The number of hydrogen-bond donors (Lipinski definition) is 2. The molecule has 0 unspecified atom stereocenters. The Morgan fingerprint density at radius 1 is 1.19 bits per heavy atom. The first kappa shape index (κ1) is 14.7. The van der Waals surface area contributed by atoms with Gasteiger partial charge in [0.05, 0.1) is 15.7 Å². The van der Waals surface area contributed by atoms with Crippen LogP contribution in [0.15, 0.2) is 22.0 Å². The lowest BCUT2D eigenvalue weighted by Crippen LogP contribution is -2.06. The molecule has 0 amide bonds. The highest BCUT2D eigenvalue weighted by Gasteiger charge is 2.10. The van der Waals surface area contributed by atoms with Crippen molar-refractivity contribution in [3.8, 4) is 0 Å². The number of thiophene rings is 2. The van der Waals surface area contributed by atoms with E-state index in [-0.39, 0.29) is 0 Å². The van der Waals surface area contributed by atoms with E-state index in [1.54, 1.807) is 22.7 Å². The van der Waals surface area contributed by atoms with E-state index in [4.69, 9.17) is 0 Å². The first-order valence-corrected chi connectivity index (χ1v) is 9.08. The quantitative estimate of drug-likeness (QED) is 0.660. The third-order valence-corrected chi connectivity index (χ3v) is 5.48. The van der Waals surface area contributed by atoms with Gasteiger partial charge in [0, 0.05) is 16.3 Å². The van der Waals surface area contributed by atoms with Gasteiger partial charge in [-0.2, -0.15) is 4.98 Å². The summed E-state index contributed by atoms with van der Waals surface area (Å²) in [5.41, 5.74) is 0. The van der Waals surface area contributed by atoms with Gasteiger partial charge in [0.25, 0.3) is 0 Å². The van der Waals surface area contributed by atoms with E-state index in [1.807, 2.05) is 6.92 Å². The van der Waals surface area contributed by atoms with Gasteiger partial charge in [-0.05, 0) is 48.0 Å². The normalized spacial score (nSPS) is 11.0. The first-order chi connectivity index (χ1) is 10.2. The summed E-state index contributed by atoms with van der Waals surface area (Å²) in [5.74, 6) is 1.58. The van der Waals surface area contributed by atoms with Crippen LogP contribution >= 0.6 is 38.6 Å². The maximum Gasteiger partial charge on any atom is 0.226 e. The predicted molar refractivity (Wildman–Crippen MR) is 95.7 cm³/mol. The Balaban J connectivity index is 1.91. The second kappa shape index (κ2) is 6.29. The summed E-state index contributed by atoms with van der Waals surface area (Å²) in [6, 6.07) is 6.32. The van der Waals surface area contributed by atoms with Crippen LogP contribution in [-0.2, 0) is 6.54 Å². The average Bonchev–Trinajstić information content (AvgIpc) is 3.01. The van der Waals surface area contributed by atoms with E-state index in [1.165, 1.54) is 9.75 Å². The van der Waals surface area contributed by atoms with E-state index < -0.39 is 0 Å². The van der Waals surface area contributed by atoms with Crippen LogP contribution in [0, 0.1) is 6.92 Å². The Labute approximate surface area is 139 Å². The number of nitrogens with zero attached hydrogens (tertiary/aromatic N) is 2. The highest BCUT2D eigenvalue weighted by Crippen LogP contribution is 2.30. The SMILES string of the molecule is CCNc1nc(NCc2ccc(Br)s2)c2cc(C)sc2n1. The third-order valence-electron chi connectivity index (χ3n) is 2.91. The lowest BCUT2D eigenvalue weighted by Gasteiger charge is -2.08. The molecule has 0 saturated carbocycles. The molecule has 3 heterocycles. The molecule has 3 rings (SSSR count). The predicted octanol–water partition coefficient (Wildman–Crippen LogP) is 4.87. The zero-order valence-corrected chi connectivity index (χ0v) is 15.0. The summed E-state index contributed by atoms with van der Waals surface area (Å²) in [7, 11) is 0. The molecule has 0 saturated heterocycles. The fourth-order valence-corrected chi connectivity index (χ4v) is 4.33. The Bertz CT molecular complexity index is 766. The van der Waals surface area contributed by atoms with E-state index in [0.717, 1.165) is 32.9 Å². The first-order valence-electron chi connectivity index (χ1n) is 6.66. The van der Waals surface area contributed by atoms with Gasteiger partial charge in [-0.15, -0.1) is 22.7 Å². The van der Waals surface area contributed by atoms with E-state index >= 15 is 0 Å². The summed E-state index contributed by atoms with van der Waals surface area (Å²) in [6.07, 6.45) is 0. The number of rotatable bonds is 5. The minimum atomic E-state index is 0.682. The number of anilines is 2. The van der Waals surface area contributed by atoms with Crippen molar-refractivity contribution >= 4 is 60.6 Å². The van der Waals surface area contributed by atoms with Crippen molar-refractivity contribution in [2.45, 2.75) is 20.4 Å². The summed E-state index contributed by atoms with van der Waals surface area (Å²) < 4.78 is 1.15. The minimum Gasteiger partial charge on any atom is -0.364 e. The Hall–Kier alpha value is -1.18. The number of fused-ring (bicyclic) bond motifs is 1. The molecule has 2 N–H and O–H groups in total. The zero-order chi connectivity index (χ0) is 14.8. The molecular weight excluding hydrogens is 368 g/mol. The second-order valence-electron chi connectivity index (χ2n) is 4.56. The van der Waals surface area contributed by atoms with Crippen LogP contribution in [0.5, 0.6) is 0 Å². The molecule has 0 aliphatic rings. The maximum atomic E-state index is 4.59. The highest BCUT2D eigenvalue weighted by atomic mass is 79.9. The van der Waals surface area contributed by atoms with Crippen molar-refractivity contribution in [3.05, 3.63) is 31.7 Å². The van der Waals surface area contributed by atoms with Crippen LogP contribution in [0.1, 0.15) is 16.7 Å². The van der Waals surface area contributed by atoms with Gasteiger partial charge < -0.3 is 10.6 Å². The van der Waals surface area contributed by atoms with Crippen molar-refractivity contribution in [2.75, 3.05) is 17.2 Å². The summed E-state index contributed by atoms with van der Waals surface area (Å²) >= 11 is 6.92. The fourth-order valence-electron chi connectivity index (χ4n) is 2.03. The Kier molecular flexibility index (Phi) is 4.42. The van der Waals surface area contributed by atoms with E-state index in [9.17, 15) is 0 Å². The fraction of sp³-hybridized carbons (Fsp3) is 0.286. The molecule has 0 aromatic carbocycles. The number of aryl methyl sites for hydroxylation is 1. The van der Waals surface area contributed by atoms with Crippen molar-refractivity contribution < 1.29 is 0 Å². The highest BCUT2D eigenvalue weighted by molar-refractivity contribution is 9.11. The molecule has 7 heteroatoms. The smallest absolute Gasteiger partial charge is 0.226 e. The van der Waals surface area contributed by atoms with Crippen LogP contribution in [0.3, 0.4) is 0 Å². The van der Waals surface area contributed by atoms with Crippen LogP contribution < -0.4 is 10.6 Å². The van der Waals surface area contributed by atoms with E-state index in [2.05, 4.69) is 61.7 Å². The van der Waals surface area contributed by atoms with Gasteiger partial charge in [-0.3, -0.25) is 0 Å². The van der Waals surface area contributed by atoms with Gasteiger partial charge >= 0.3 is 0 Å². The van der Waals surface area contributed by atoms with Gasteiger partial charge in [0.15, 0.2) is 0 Å². The lowest BCUT2D eigenvalue weighted by atomic mass is 10.3. The van der Waals surface area contributed by atoms with Crippen molar-refractivity contribution in [2.24, 2.45) is 0 Å². The van der Waals surface area contributed by atoms with Crippen molar-refractivity contribution in [1.29, 1.82) is 0 Å². The topological polar surface area (TPSA) is 49.8 Å². The minimum absolute atomic E-state index is 0.682. The molecule has 0 fully saturated rings. The molecule has 0 spiro atoms. The molecule has 0 aliphatic heterocycles. The third kappa shape index (κ3) is 3.36. The molecule has 21 heavy (non-hydrogen) atoms. The van der Waals surface area contributed by atoms with Crippen LogP contribution in [0.4, 0.5) is 11.8 Å². The number of aromatic nitrogens is 2. The van der Waals surface area contributed by atoms with Gasteiger partial charge in [0.1, 0.15) is 10.6 Å². The summed E-state index contributed by atoms with van der Waals surface area (Å²) in [6.45, 7) is 5.72. The molecule has 0 bridgehead atoms. The van der Waals surface area contributed by atoms with Gasteiger partial charge in [0.2, 0.25) is 5.95 Å². The molecular formula is C14H15BrN4S2.